The normalized spacial score (nSPS) is 11.2. The Labute approximate surface area is 110 Å². The molecule has 2 amide bonds. The van der Waals surface area contributed by atoms with Crippen LogP contribution in [0.5, 0.6) is 0 Å². The van der Waals surface area contributed by atoms with Gasteiger partial charge in [-0.05, 0) is 20.8 Å². The number of hydrogen-bond acceptors (Lipinski definition) is 5. The molecule has 0 fully saturated rings. The van der Waals surface area contributed by atoms with Crippen LogP contribution in [0, 0.1) is 6.92 Å². The van der Waals surface area contributed by atoms with Gasteiger partial charge < -0.3 is 19.8 Å². The lowest BCUT2D eigenvalue weighted by Crippen LogP contribution is -2.52. The number of aromatic nitrogens is 2. The van der Waals surface area contributed by atoms with Crippen LogP contribution in [0.25, 0.3) is 0 Å². The Morgan fingerprint density at radius 2 is 2.05 bits per heavy atom. The lowest BCUT2D eigenvalue weighted by molar-refractivity contribution is -0.138. The van der Waals surface area contributed by atoms with Crippen molar-refractivity contribution in [3.05, 3.63) is 11.7 Å². The second-order valence-electron chi connectivity index (χ2n) is 5.04. The topological polar surface area (TPSA) is 109 Å². The molecule has 1 aromatic heterocycles. The first-order valence-electron chi connectivity index (χ1n) is 5.76. The first kappa shape index (κ1) is 14.9. The zero-order valence-corrected chi connectivity index (χ0v) is 11.4. The molecular weight excluding hydrogens is 252 g/mol. The molecule has 1 aromatic rings. The van der Waals surface area contributed by atoms with Crippen molar-refractivity contribution < 1.29 is 19.2 Å². The quantitative estimate of drug-likeness (QED) is 0.836. The van der Waals surface area contributed by atoms with Gasteiger partial charge in [-0.3, -0.25) is 4.79 Å². The zero-order valence-electron chi connectivity index (χ0n) is 11.4. The minimum absolute atomic E-state index is 0.0857. The third-order valence-electron chi connectivity index (χ3n) is 2.32. The molecule has 8 heteroatoms. The lowest BCUT2D eigenvalue weighted by atomic mass is 10.1. The van der Waals surface area contributed by atoms with E-state index in [1.165, 1.54) is 4.90 Å². The summed E-state index contributed by atoms with van der Waals surface area (Å²) in [6.45, 7) is 6.63. The molecule has 0 aliphatic heterocycles. The van der Waals surface area contributed by atoms with Gasteiger partial charge in [0.15, 0.2) is 5.82 Å². The summed E-state index contributed by atoms with van der Waals surface area (Å²) < 4.78 is 4.77. The summed E-state index contributed by atoms with van der Waals surface area (Å²) >= 11 is 0. The van der Waals surface area contributed by atoms with Crippen LogP contribution in [-0.4, -0.2) is 44.2 Å². The minimum atomic E-state index is -1.07. The molecule has 1 heterocycles. The van der Waals surface area contributed by atoms with E-state index in [-0.39, 0.29) is 13.1 Å². The third-order valence-corrected chi connectivity index (χ3v) is 2.32. The average Bonchev–Trinajstić information content (AvgIpc) is 2.67. The first-order valence-corrected chi connectivity index (χ1v) is 5.76. The summed E-state index contributed by atoms with van der Waals surface area (Å²) in [5.74, 6) is -0.321. The molecule has 2 N–H and O–H groups in total. The number of aliphatic carboxylic acids is 1. The molecule has 0 bridgehead atoms. The number of nitrogens with one attached hydrogen (secondary N) is 1. The standard InChI is InChI=1S/C11H18N4O4/c1-7-13-8(14-19-7)5-12-10(18)15(6-9(16)17)11(2,3)4/h5-6H2,1-4H3,(H,12,18)(H,16,17). The molecule has 0 radical (unpaired) electrons. The molecule has 0 spiro atoms. The van der Waals surface area contributed by atoms with Crippen molar-refractivity contribution in [1.29, 1.82) is 0 Å². The predicted octanol–water partition coefficient (Wildman–Crippen LogP) is 0.773. The molecule has 0 unspecified atom stereocenters. The fourth-order valence-electron chi connectivity index (χ4n) is 1.41. The van der Waals surface area contributed by atoms with E-state index in [0.29, 0.717) is 11.7 Å². The van der Waals surface area contributed by atoms with E-state index in [2.05, 4.69) is 15.5 Å². The van der Waals surface area contributed by atoms with Gasteiger partial charge in [0.25, 0.3) is 0 Å². The molecule has 0 saturated heterocycles. The van der Waals surface area contributed by atoms with Crippen molar-refractivity contribution in [1.82, 2.24) is 20.4 Å². The first-order chi connectivity index (χ1) is 8.70. The summed E-state index contributed by atoms with van der Waals surface area (Å²) in [6.07, 6.45) is 0. The summed E-state index contributed by atoms with van der Waals surface area (Å²) in [6, 6.07) is -0.489. The number of carbonyl (C=O) groups is 2. The predicted molar refractivity (Wildman–Crippen MR) is 65.4 cm³/mol. The van der Waals surface area contributed by atoms with E-state index in [1.54, 1.807) is 27.7 Å². The molecule has 0 atom stereocenters. The molecule has 0 aliphatic carbocycles. The minimum Gasteiger partial charge on any atom is -0.480 e. The summed E-state index contributed by atoms with van der Waals surface area (Å²) in [7, 11) is 0. The van der Waals surface area contributed by atoms with Gasteiger partial charge in [-0.25, -0.2) is 4.79 Å². The number of hydrogen-bond donors (Lipinski definition) is 2. The summed E-state index contributed by atoms with van der Waals surface area (Å²) in [4.78, 5) is 27.9. The van der Waals surface area contributed by atoms with Gasteiger partial charge >= 0.3 is 12.0 Å². The third kappa shape index (κ3) is 4.57. The van der Waals surface area contributed by atoms with Crippen LogP contribution in [0.3, 0.4) is 0 Å². The van der Waals surface area contributed by atoms with Crippen LogP contribution in [0.4, 0.5) is 4.79 Å². The molecule has 0 aliphatic rings. The van der Waals surface area contributed by atoms with Crippen LogP contribution >= 0.6 is 0 Å². The highest BCUT2D eigenvalue weighted by atomic mass is 16.5. The Kier molecular flexibility index (Phi) is 4.47. The molecule has 1 rings (SSSR count). The number of aryl methyl sites for hydroxylation is 1. The second kappa shape index (κ2) is 5.68. The number of carboxylic acid groups (broad SMARTS) is 1. The Balaban J connectivity index is 2.64. The Hall–Kier alpha value is -2.12. The average molecular weight is 270 g/mol. The van der Waals surface area contributed by atoms with Gasteiger partial charge in [-0.15, -0.1) is 0 Å². The smallest absolute Gasteiger partial charge is 0.323 e. The number of nitrogens with zero attached hydrogens (tertiary/aromatic N) is 3. The van der Waals surface area contributed by atoms with Gasteiger partial charge in [0.2, 0.25) is 5.89 Å². The maximum absolute atomic E-state index is 12.0. The van der Waals surface area contributed by atoms with Crippen LogP contribution in [0.2, 0.25) is 0 Å². The molecule has 106 valence electrons. The number of carbonyl (C=O) groups excluding carboxylic acids is 1. The van der Waals surface area contributed by atoms with Crippen LogP contribution in [-0.2, 0) is 11.3 Å². The van der Waals surface area contributed by atoms with Gasteiger partial charge in [0.1, 0.15) is 6.54 Å². The zero-order chi connectivity index (χ0) is 14.6. The van der Waals surface area contributed by atoms with E-state index in [0.717, 1.165) is 0 Å². The Bertz CT molecular complexity index is 464. The van der Waals surface area contributed by atoms with Crippen molar-refractivity contribution in [2.45, 2.75) is 39.8 Å². The monoisotopic (exact) mass is 270 g/mol. The van der Waals surface area contributed by atoms with Gasteiger partial charge in [-0.1, -0.05) is 5.16 Å². The second-order valence-corrected chi connectivity index (χ2v) is 5.04. The van der Waals surface area contributed by atoms with E-state index < -0.39 is 17.5 Å². The van der Waals surface area contributed by atoms with Gasteiger partial charge in [0, 0.05) is 12.5 Å². The fraction of sp³-hybridized carbons (Fsp3) is 0.636. The van der Waals surface area contributed by atoms with Crippen LogP contribution < -0.4 is 5.32 Å². The van der Waals surface area contributed by atoms with E-state index in [9.17, 15) is 9.59 Å². The van der Waals surface area contributed by atoms with Crippen molar-refractivity contribution >= 4 is 12.0 Å². The highest BCUT2D eigenvalue weighted by molar-refractivity contribution is 5.80. The molecular formula is C11H18N4O4. The lowest BCUT2D eigenvalue weighted by Gasteiger charge is -2.34. The molecule has 19 heavy (non-hydrogen) atoms. The van der Waals surface area contributed by atoms with E-state index in [4.69, 9.17) is 9.63 Å². The number of urea groups is 1. The largest absolute Gasteiger partial charge is 0.480 e. The molecule has 8 nitrogen and oxygen atoms in total. The summed E-state index contributed by atoms with van der Waals surface area (Å²) in [5.41, 5.74) is -0.602. The van der Waals surface area contributed by atoms with Gasteiger partial charge in [0.05, 0.1) is 6.54 Å². The van der Waals surface area contributed by atoms with E-state index in [1.807, 2.05) is 0 Å². The maximum atomic E-state index is 12.0. The maximum Gasteiger partial charge on any atom is 0.323 e. The highest BCUT2D eigenvalue weighted by Crippen LogP contribution is 2.13. The number of rotatable bonds is 4. The van der Waals surface area contributed by atoms with Gasteiger partial charge in [-0.2, -0.15) is 4.98 Å². The fourth-order valence-corrected chi connectivity index (χ4v) is 1.41. The van der Waals surface area contributed by atoms with Crippen LogP contribution in [0.1, 0.15) is 32.5 Å². The Morgan fingerprint density at radius 3 is 2.47 bits per heavy atom. The van der Waals surface area contributed by atoms with Crippen molar-refractivity contribution in [3.63, 3.8) is 0 Å². The van der Waals surface area contributed by atoms with Crippen LogP contribution in [0.15, 0.2) is 4.52 Å². The van der Waals surface area contributed by atoms with E-state index >= 15 is 0 Å². The number of amides is 2. The molecule has 0 saturated carbocycles. The van der Waals surface area contributed by atoms with Crippen molar-refractivity contribution in [3.8, 4) is 0 Å². The SMILES string of the molecule is Cc1nc(CNC(=O)N(CC(=O)O)C(C)(C)C)no1. The Morgan fingerprint density at radius 1 is 1.42 bits per heavy atom. The highest BCUT2D eigenvalue weighted by Gasteiger charge is 2.28. The molecule has 0 aromatic carbocycles. The number of carboxylic acids is 1. The van der Waals surface area contributed by atoms with Crippen molar-refractivity contribution in [2.75, 3.05) is 6.54 Å². The summed E-state index contributed by atoms with van der Waals surface area (Å²) in [5, 5.41) is 15.0. The van der Waals surface area contributed by atoms with Crippen molar-refractivity contribution in [2.24, 2.45) is 0 Å².